The van der Waals surface area contributed by atoms with Crippen molar-refractivity contribution in [3.05, 3.63) is 69.7 Å². The van der Waals surface area contributed by atoms with Gasteiger partial charge in [0.25, 0.3) is 0 Å². The quantitative estimate of drug-likeness (QED) is 0.286. The van der Waals surface area contributed by atoms with Crippen LogP contribution in [0.1, 0.15) is 80.9 Å². The molecule has 0 heterocycles. The van der Waals surface area contributed by atoms with Crippen LogP contribution in [0.15, 0.2) is 53.0 Å². The average molecular weight is 457 g/mol. The van der Waals surface area contributed by atoms with Crippen molar-refractivity contribution in [2.45, 2.75) is 77.2 Å². The highest BCUT2D eigenvalue weighted by atomic mass is 79.9. The van der Waals surface area contributed by atoms with E-state index in [0.717, 1.165) is 21.5 Å². The van der Waals surface area contributed by atoms with Crippen molar-refractivity contribution in [2.24, 2.45) is 5.92 Å². The van der Waals surface area contributed by atoms with Gasteiger partial charge in [0.1, 0.15) is 6.61 Å². The Morgan fingerprint density at radius 2 is 1.59 bits per heavy atom. The lowest BCUT2D eigenvalue weighted by atomic mass is 9.77. The SMILES string of the molecule is CCCCCC1CCC(c2ccc(CC(=O)OCc3ccc(Br)cc3)cc2)CC1. The van der Waals surface area contributed by atoms with E-state index in [1.54, 1.807) is 0 Å². The summed E-state index contributed by atoms with van der Waals surface area (Å²) < 4.78 is 6.44. The first-order valence-electron chi connectivity index (χ1n) is 11.1. The maximum atomic E-state index is 12.2. The smallest absolute Gasteiger partial charge is 0.310 e. The molecular weight excluding hydrogens is 424 g/mol. The van der Waals surface area contributed by atoms with Crippen molar-refractivity contribution < 1.29 is 9.53 Å². The second-order valence-electron chi connectivity index (χ2n) is 8.42. The van der Waals surface area contributed by atoms with Crippen LogP contribution in [0.5, 0.6) is 0 Å². The lowest BCUT2D eigenvalue weighted by molar-refractivity contribution is -0.144. The van der Waals surface area contributed by atoms with Crippen molar-refractivity contribution in [1.29, 1.82) is 0 Å². The number of carbonyl (C=O) groups is 1. The molecule has 0 bridgehead atoms. The van der Waals surface area contributed by atoms with Gasteiger partial charge in [0.2, 0.25) is 0 Å². The number of esters is 1. The van der Waals surface area contributed by atoms with Crippen LogP contribution in [0.2, 0.25) is 0 Å². The Labute approximate surface area is 184 Å². The van der Waals surface area contributed by atoms with E-state index in [2.05, 4.69) is 47.1 Å². The van der Waals surface area contributed by atoms with Crippen LogP contribution in [0.3, 0.4) is 0 Å². The lowest BCUT2D eigenvalue weighted by Gasteiger charge is -2.29. The first-order chi connectivity index (χ1) is 14.1. The zero-order chi connectivity index (χ0) is 20.5. The molecule has 1 saturated carbocycles. The van der Waals surface area contributed by atoms with Crippen LogP contribution in [0, 0.1) is 5.92 Å². The Kier molecular flexibility index (Phi) is 8.79. The van der Waals surface area contributed by atoms with Crippen LogP contribution < -0.4 is 0 Å². The van der Waals surface area contributed by atoms with Gasteiger partial charge < -0.3 is 4.74 Å². The molecule has 0 N–H and O–H groups in total. The van der Waals surface area contributed by atoms with Gasteiger partial charge in [0.15, 0.2) is 0 Å². The summed E-state index contributed by atoms with van der Waals surface area (Å²) in [6.07, 6.45) is 11.2. The Morgan fingerprint density at radius 1 is 0.931 bits per heavy atom. The fraction of sp³-hybridized carbons (Fsp3) is 0.500. The minimum Gasteiger partial charge on any atom is -0.461 e. The van der Waals surface area contributed by atoms with Crippen LogP contribution >= 0.6 is 15.9 Å². The highest BCUT2D eigenvalue weighted by Crippen LogP contribution is 2.37. The Hall–Kier alpha value is -1.61. The topological polar surface area (TPSA) is 26.3 Å². The van der Waals surface area contributed by atoms with Crippen molar-refractivity contribution in [2.75, 3.05) is 0 Å². The van der Waals surface area contributed by atoms with Crippen LogP contribution in [0.25, 0.3) is 0 Å². The number of rotatable bonds is 9. The van der Waals surface area contributed by atoms with E-state index in [9.17, 15) is 4.79 Å². The number of ether oxygens (including phenoxy) is 1. The second-order valence-corrected chi connectivity index (χ2v) is 9.33. The van der Waals surface area contributed by atoms with E-state index >= 15 is 0 Å². The highest BCUT2D eigenvalue weighted by Gasteiger charge is 2.22. The zero-order valence-electron chi connectivity index (χ0n) is 17.5. The summed E-state index contributed by atoms with van der Waals surface area (Å²) in [6.45, 7) is 2.61. The molecule has 0 atom stereocenters. The second kappa shape index (κ2) is 11.5. The van der Waals surface area contributed by atoms with E-state index in [0.29, 0.717) is 18.9 Å². The van der Waals surface area contributed by atoms with Gasteiger partial charge in [0.05, 0.1) is 6.42 Å². The van der Waals surface area contributed by atoms with Gasteiger partial charge in [-0.05, 0) is 66.3 Å². The normalized spacial score (nSPS) is 19.1. The minimum atomic E-state index is -0.173. The Balaban J connectivity index is 1.41. The number of benzene rings is 2. The van der Waals surface area contributed by atoms with Crippen molar-refractivity contribution in [3.8, 4) is 0 Å². The molecule has 2 nitrogen and oxygen atoms in total. The van der Waals surface area contributed by atoms with Gasteiger partial charge in [-0.3, -0.25) is 4.79 Å². The van der Waals surface area contributed by atoms with E-state index < -0.39 is 0 Å². The third-order valence-electron chi connectivity index (χ3n) is 6.18. The third-order valence-corrected chi connectivity index (χ3v) is 6.70. The molecule has 0 unspecified atom stereocenters. The van der Waals surface area contributed by atoms with Gasteiger partial charge >= 0.3 is 5.97 Å². The lowest BCUT2D eigenvalue weighted by Crippen LogP contribution is -2.13. The van der Waals surface area contributed by atoms with Gasteiger partial charge in [0, 0.05) is 4.47 Å². The molecule has 1 aliphatic carbocycles. The van der Waals surface area contributed by atoms with E-state index in [4.69, 9.17) is 4.74 Å². The molecule has 0 saturated heterocycles. The Bertz CT molecular complexity index is 743. The van der Waals surface area contributed by atoms with Crippen LogP contribution in [-0.2, 0) is 22.6 Å². The summed E-state index contributed by atoms with van der Waals surface area (Å²) in [5, 5.41) is 0. The molecular formula is C26H33BrO2. The van der Waals surface area contributed by atoms with Crippen molar-refractivity contribution >= 4 is 21.9 Å². The predicted molar refractivity (Wildman–Crippen MR) is 123 cm³/mol. The molecule has 2 aromatic rings. The summed E-state index contributed by atoms with van der Waals surface area (Å²) in [7, 11) is 0. The minimum absolute atomic E-state index is 0.173. The summed E-state index contributed by atoms with van der Waals surface area (Å²) in [5.41, 5.74) is 3.47. The fourth-order valence-corrected chi connectivity index (χ4v) is 4.60. The predicted octanol–water partition coefficient (Wildman–Crippen LogP) is 7.59. The largest absolute Gasteiger partial charge is 0.461 e. The molecule has 0 spiro atoms. The molecule has 1 aliphatic rings. The van der Waals surface area contributed by atoms with Gasteiger partial charge in [-0.15, -0.1) is 0 Å². The summed E-state index contributed by atoms with van der Waals surface area (Å²) in [5.74, 6) is 1.46. The van der Waals surface area contributed by atoms with Crippen molar-refractivity contribution in [3.63, 3.8) is 0 Å². The number of carbonyl (C=O) groups excluding carboxylic acids is 1. The molecule has 0 amide bonds. The molecule has 3 rings (SSSR count). The maximum Gasteiger partial charge on any atom is 0.310 e. The molecule has 0 radical (unpaired) electrons. The molecule has 156 valence electrons. The molecule has 0 aromatic heterocycles. The van der Waals surface area contributed by atoms with E-state index in [1.807, 2.05) is 24.3 Å². The fourth-order valence-electron chi connectivity index (χ4n) is 4.34. The summed E-state index contributed by atoms with van der Waals surface area (Å²) in [4.78, 5) is 12.2. The monoisotopic (exact) mass is 456 g/mol. The summed E-state index contributed by atoms with van der Waals surface area (Å²) >= 11 is 3.41. The molecule has 0 aliphatic heterocycles. The van der Waals surface area contributed by atoms with Gasteiger partial charge in [-0.25, -0.2) is 0 Å². The molecule has 29 heavy (non-hydrogen) atoms. The molecule has 2 aromatic carbocycles. The number of halogens is 1. The first kappa shape index (κ1) is 22.1. The number of hydrogen-bond donors (Lipinski definition) is 0. The van der Waals surface area contributed by atoms with E-state index in [1.165, 1.54) is 56.9 Å². The number of hydrogen-bond acceptors (Lipinski definition) is 2. The van der Waals surface area contributed by atoms with Gasteiger partial charge in [-0.2, -0.15) is 0 Å². The van der Waals surface area contributed by atoms with E-state index in [-0.39, 0.29) is 5.97 Å². The van der Waals surface area contributed by atoms with Gasteiger partial charge in [-0.1, -0.05) is 84.9 Å². The summed E-state index contributed by atoms with van der Waals surface area (Å²) in [6, 6.07) is 16.5. The van der Waals surface area contributed by atoms with Crippen LogP contribution in [-0.4, -0.2) is 5.97 Å². The van der Waals surface area contributed by atoms with Crippen LogP contribution in [0.4, 0.5) is 0 Å². The Morgan fingerprint density at radius 3 is 2.24 bits per heavy atom. The van der Waals surface area contributed by atoms with Crippen molar-refractivity contribution in [1.82, 2.24) is 0 Å². The molecule has 3 heteroatoms. The maximum absolute atomic E-state index is 12.2. The standard InChI is InChI=1S/C26H33BrO2/c1-2-3-4-5-20-6-12-23(13-7-20)24-14-8-21(9-15-24)18-26(28)29-19-22-10-16-25(27)17-11-22/h8-11,14-17,20,23H,2-7,12-13,18-19H2,1H3. The highest BCUT2D eigenvalue weighted by molar-refractivity contribution is 9.10. The first-order valence-corrected chi connectivity index (χ1v) is 11.9. The third kappa shape index (κ3) is 7.29. The molecule has 1 fully saturated rings. The zero-order valence-corrected chi connectivity index (χ0v) is 19.1. The average Bonchev–Trinajstić information content (AvgIpc) is 2.75. The number of unbranched alkanes of at least 4 members (excludes halogenated alkanes) is 2.